The first-order valence-corrected chi connectivity index (χ1v) is 4.72. The first-order valence-electron chi connectivity index (χ1n) is 4.72. The van der Waals surface area contributed by atoms with Gasteiger partial charge in [-0.1, -0.05) is 0 Å². The number of benzene rings is 1. The van der Waals surface area contributed by atoms with Gasteiger partial charge in [0.2, 0.25) is 0 Å². The Morgan fingerprint density at radius 2 is 2.06 bits per heavy atom. The smallest absolute Gasteiger partial charge is 0.342 e. The Hall–Kier alpha value is -2.48. The fourth-order valence-corrected chi connectivity index (χ4v) is 1.26. The molecule has 0 spiro atoms. The Morgan fingerprint density at radius 3 is 2.50 bits per heavy atom. The van der Waals surface area contributed by atoms with Crippen molar-refractivity contribution in [3.8, 4) is 0 Å². The number of hydrogen-bond acceptors (Lipinski definition) is 5. The van der Waals surface area contributed by atoms with Gasteiger partial charge in [-0.2, -0.15) is 0 Å². The summed E-state index contributed by atoms with van der Waals surface area (Å²) in [6.07, 6.45) is 0. The molecule has 0 saturated heterocycles. The number of nitrogens with zero attached hydrogens (tertiary/aromatic N) is 2. The maximum Gasteiger partial charge on any atom is 0.342 e. The first kappa shape index (κ1) is 13.6. The summed E-state index contributed by atoms with van der Waals surface area (Å²) < 4.78 is 0. The highest BCUT2D eigenvalue weighted by molar-refractivity contribution is 5.99. The minimum atomic E-state index is -1.48. The van der Waals surface area contributed by atoms with Gasteiger partial charge in [0.1, 0.15) is 5.56 Å². The molecule has 1 aromatic rings. The highest BCUT2D eigenvalue weighted by atomic mass is 16.7. The molecule has 1 rings (SSSR count). The monoisotopic (exact) mass is 254 g/mol. The van der Waals surface area contributed by atoms with E-state index in [1.165, 1.54) is 20.2 Å². The number of carbonyl (C=O) groups excluding carboxylic acids is 1. The van der Waals surface area contributed by atoms with E-state index in [4.69, 9.17) is 5.11 Å². The summed E-state index contributed by atoms with van der Waals surface area (Å²) in [5, 5.41) is 20.4. The SMILES string of the molecule is CON(C)C(=O)c1ccc([N+](=O)[O-])c(C(=O)O)c1. The second kappa shape index (κ2) is 5.23. The summed E-state index contributed by atoms with van der Waals surface area (Å²) in [6.45, 7) is 0. The van der Waals surface area contributed by atoms with Gasteiger partial charge < -0.3 is 5.11 Å². The summed E-state index contributed by atoms with van der Waals surface area (Å²) in [4.78, 5) is 37.0. The van der Waals surface area contributed by atoms with E-state index in [0.717, 1.165) is 17.2 Å². The van der Waals surface area contributed by atoms with Crippen LogP contribution in [0.2, 0.25) is 0 Å². The Morgan fingerprint density at radius 1 is 1.44 bits per heavy atom. The lowest BCUT2D eigenvalue weighted by atomic mass is 10.1. The fourth-order valence-electron chi connectivity index (χ4n) is 1.26. The molecule has 0 aliphatic carbocycles. The average molecular weight is 254 g/mol. The van der Waals surface area contributed by atoms with Gasteiger partial charge in [-0.05, 0) is 12.1 Å². The predicted octanol–water partition coefficient (Wildman–Crippen LogP) is 0.926. The van der Waals surface area contributed by atoms with Gasteiger partial charge in [-0.3, -0.25) is 19.7 Å². The second-order valence-electron chi connectivity index (χ2n) is 3.28. The standard InChI is InChI=1S/C10H10N2O6/c1-11(18-2)9(13)6-3-4-8(12(16)17)7(5-6)10(14)15/h3-5H,1-2H3,(H,14,15). The molecule has 8 heteroatoms. The number of carboxylic acids is 1. The van der Waals surface area contributed by atoms with E-state index < -0.39 is 28.1 Å². The van der Waals surface area contributed by atoms with E-state index >= 15 is 0 Å². The van der Waals surface area contributed by atoms with Gasteiger partial charge >= 0.3 is 5.97 Å². The van der Waals surface area contributed by atoms with Crippen LogP contribution < -0.4 is 0 Å². The van der Waals surface area contributed by atoms with Gasteiger partial charge in [0.25, 0.3) is 11.6 Å². The number of nitro benzene ring substituents is 1. The van der Waals surface area contributed by atoms with Crippen LogP contribution in [-0.4, -0.2) is 41.1 Å². The summed E-state index contributed by atoms with van der Waals surface area (Å²) in [7, 11) is 2.60. The molecular formula is C10H10N2O6. The molecule has 0 unspecified atom stereocenters. The molecule has 18 heavy (non-hydrogen) atoms. The number of hydroxylamine groups is 2. The number of nitro groups is 1. The molecule has 0 atom stereocenters. The summed E-state index contributed by atoms with van der Waals surface area (Å²) in [6, 6.07) is 3.08. The van der Waals surface area contributed by atoms with Crippen molar-refractivity contribution >= 4 is 17.6 Å². The predicted molar refractivity (Wildman–Crippen MR) is 59.2 cm³/mol. The maximum absolute atomic E-state index is 11.7. The van der Waals surface area contributed by atoms with Crippen LogP contribution in [0, 0.1) is 10.1 Å². The van der Waals surface area contributed by atoms with Crippen molar-refractivity contribution in [2.75, 3.05) is 14.2 Å². The normalized spacial score (nSPS) is 9.89. The highest BCUT2D eigenvalue weighted by Gasteiger charge is 2.22. The van der Waals surface area contributed by atoms with E-state index in [0.29, 0.717) is 0 Å². The average Bonchev–Trinajstić information content (AvgIpc) is 2.35. The molecule has 0 aromatic heterocycles. The molecule has 0 saturated carbocycles. The number of rotatable bonds is 4. The van der Waals surface area contributed by atoms with E-state index in [1.54, 1.807) is 0 Å². The minimum absolute atomic E-state index is 0.0117. The van der Waals surface area contributed by atoms with E-state index in [2.05, 4.69) is 4.84 Å². The molecule has 0 radical (unpaired) electrons. The summed E-state index contributed by atoms with van der Waals surface area (Å²) in [5.41, 5.74) is -1.13. The molecule has 0 bridgehead atoms. The van der Waals surface area contributed by atoms with Gasteiger partial charge in [-0.25, -0.2) is 9.86 Å². The van der Waals surface area contributed by atoms with Crippen LogP contribution in [0.5, 0.6) is 0 Å². The van der Waals surface area contributed by atoms with E-state index in [-0.39, 0.29) is 5.56 Å². The maximum atomic E-state index is 11.7. The number of hydrogen-bond donors (Lipinski definition) is 1. The minimum Gasteiger partial charge on any atom is -0.477 e. The van der Waals surface area contributed by atoms with Gasteiger partial charge in [0.05, 0.1) is 12.0 Å². The van der Waals surface area contributed by atoms with Crippen molar-refractivity contribution in [2.45, 2.75) is 0 Å². The number of aromatic carboxylic acids is 1. The highest BCUT2D eigenvalue weighted by Crippen LogP contribution is 2.20. The lowest BCUT2D eigenvalue weighted by Crippen LogP contribution is -2.25. The Bertz CT molecular complexity index is 513. The van der Waals surface area contributed by atoms with Crippen molar-refractivity contribution in [1.29, 1.82) is 0 Å². The Kier molecular flexibility index (Phi) is 3.95. The summed E-state index contributed by atoms with van der Waals surface area (Å²) in [5.74, 6) is -2.08. The fraction of sp³-hybridized carbons (Fsp3) is 0.200. The molecule has 96 valence electrons. The molecule has 0 heterocycles. The molecular weight excluding hydrogens is 244 g/mol. The molecule has 0 aliphatic rings. The van der Waals surface area contributed by atoms with Crippen LogP contribution in [0.15, 0.2) is 18.2 Å². The Labute approximate surface area is 101 Å². The molecule has 0 fully saturated rings. The van der Waals surface area contributed by atoms with Crippen LogP contribution >= 0.6 is 0 Å². The number of carboxylic acid groups (broad SMARTS) is 1. The number of carbonyl (C=O) groups is 2. The third kappa shape index (κ3) is 2.61. The van der Waals surface area contributed by atoms with E-state index in [9.17, 15) is 19.7 Å². The van der Waals surface area contributed by atoms with Crippen LogP contribution in [-0.2, 0) is 4.84 Å². The topological polar surface area (TPSA) is 110 Å². The Balaban J connectivity index is 3.27. The summed E-state index contributed by atoms with van der Waals surface area (Å²) >= 11 is 0. The zero-order chi connectivity index (χ0) is 13.9. The van der Waals surface area contributed by atoms with Crippen molar-refractivity contribution in [2.24, 2.45) is 0 Å². The van der Waals surface area contributed by atoms with Crippen LogP contribution in [0.25, 0.3) is 0 Å². The molecule has 8 nitrogen and oxygen atoms in total. The largest absolute Gasteiger partial charge is 0.477 e. The van der Waals surface area contributed by atoms with Crippen molar-refractivity contribution in [3.63, 3.8) is 0 Å². The molecule has 1 amide bonds. The van der Waals surface area contributed by atoms with Crippen molar-refractivity contribution in [3.05, 3.63) is 39.4 Å². The van der Waals surface area contributed by atoms with Gasteiger partial charge in [0.15, 0.2) is 0 Å². The van der Waals surface area contributed by atoms with Crippen LogP contribution in [0.1, 0.15) is 20.7 Å². The molecule has 1 aromatic carbocycles. The van der Waals surface area contributed by atoms with Crippen LogP contribution in [0.3, 0.4) is 0 Å². The third-order valence-corrected chi connectivity index (χ3v) is 2.23. The van der Waals surface area contributed by atoms with Crippen molar-refractivity contribution < 1.29 is 24.5 Å². The van der Waals surface area contributed by atoms with Crippen LogP contribution in [0.4, 0.5) is 5.69 Å². The molecule has 1 N–H and O–H groups in total. The van der Waals surface area contributed by atoms with E-state index in [1.807, 2.05) is 0 Å². The second-order valence-corrected chi connectivity index (χ2v) is 3.28. The quantitative estimate of drug-likeness (QED) is 0.632. The van der Waals surface area contributed by atoms with Gasteiger partial charge in [0, 0.05) is 18.7 Å². The third-order valence-electron chi connectivity index (χ3n) is 2.23. The lowest BCUT2D eigenvalue weighted by molar-refractivity contribution is -0.385. The van der Waals surface area contributed by atoms with Crippen molar-refractivity contribution in [1.82, 2.24) is 5.06 Å². The zero-order valence-corrected chi connectivity index (χ0v) is 9.61. The lowest BCUT2D eigenvalue weighted by Gasteiger charge is -2.13. The first-order chi connectivity index (χ1) is 8.38. The molecule has 0 aliphatic heterocycles. The zero-order valence-electron chi connectivity index (χ0n) is 9.61. The number of amides is 1. The van der Waals surface area contributed by atoms with Gasteiger partial charge in [-0.15, -0.1) is 0 Å².